The Kier molecular flexibility index (Phi) is 12.7. The Balaban J connectivity index is 0. The standard InChI is InChI=1S/C19H25O2.H2N.W.Y/c1-5-6-14-10-17(20)19(18(21)11-14)16-9-13(4)7-8-15(16)12(2)3;;;/h5,9-11,15-16,20-21H,2,6-8H2,1,3-4H3;1H2;;/q2*-1;+2;/t15-,16?;;;/m0.../s1. The number of nitrogens with two attached hydrogens (primary N) is 1. The Hall–Kier alpha value is 0.0522. The minimum Gasteiger partial charge on any atom is -0.693 e. The van der Waals surface area contributed by atoms with Gasteiger partial charge in [-0.1, -0.05) is 29.4 Å². The smallest absolute Gasteiger partial charge is 0.693 e. The second-order valence-electron chi connectivity index (χ2n) is 6.19. The van der Waals surface area contributed by atoms with E-state index in [0.717, 1.165) is 30.4 Å². The predicted molar refractivity (Wildman–Crippen MR) is 92.8 cm³/mol. The first kappa shape index (κ1) is 26.3. The number of hydrogen-bond donors (Lipinski definition) is 2. The normalized spacial score (nSPS) is 19.2. The molecule has 0 bridgehead atoms. The molecule has 3 nitrogen and oxygen atoms in total. The molecule has 0 fully saturated rings. The summed E-state index contributed by atoms with van der Waals surface area (Å²) >= 11 is 0. The number of benzene rings is 1. The molecule has 1 aliphatic carbocycles. The fourth-order valence-corrected chi connectivity index (χ4v) is 3.28. The zero-order chi connectivity index (χ0) is 15.6. The van der Waals surface area contributed by atoms with Crippen LogP contribution in [0.25, 0.3) is 6.15 Å². The van der Waals surface area contributed by atoms with E-state index in [9.17, 15) is 10.2 Å². The molecule has 5 heteroatoms. The first-order chi connectivity index (χ1) is 9.93. The number of phenolic OH excluding ortho intramolecular Hbond substituents is 2. The zero-order valence-corrected chi connectivity index (χ0v) is 20.5. The Bertz CT molecular complexity index is 564. The number of allylic oxidation sites excluding steroid dienone is 3. The van der Waals surface area contributed by atoms with Crippen molar-refractivity contribution < 1.29 is 64.0 Å². The van der Waals surface area contributed by atoms with Crippen LogP contribution in [0.5, 0.6) is 11.5 Å². The SMILES string of the molecule is C=C(C)[C@@H]1CCC(C)=CC1c1c(O)cc(C[CH-]C)cc1O.[NH2-].[W+2].[Y]. The third kappa shape index (κ3) is 6.09. The van der Waals surface area contributed by atoms with Gasteiger partial charge < -0.3 is 22.8 Å². The van der Waals surface area contributed by atoms with Gasteiger partial charge in [0, 0.05) is 44.2 Å². The van der Waals surface area contributed by atoms with E-state index < -0.39 is 0 Å². The van der Waals surface area contributed by atoms with Crippen molar-refractivity contribution in [2.45, 2.75) is 46.0 Å². The van der Waals surface area contributed by atoms with Gasteiger partial charge in [-0.05, 0) is 44.7 Å². The van der Waals surface area contributed by atoms with E-state index in [1.807, 2.05) is 20.3 Å². The van der Waals surface area contributed by atoms with Crippen LogP contribution in [-0.2, 0) is 60.2 Å². The van der Waals surface area contributed by atoms with Crippen LogP contribution in [0.3, 0.4) is 0 Å². The Morgan fingerprint density at radius 1 is 1.29 bits per heavy atom. The molecule has 0 amide bonds. The van der Waals surface area contributed by atoms with Crippen LogP contribution in [-0.4, -0.2) is 10.2 Å². The Labute approximate surface area is 185 Å². The van der Waals surface area contributed by atoms with Crippen LogP contribution in [0.4, 0.5) is 0 Å². The van der Waals surface area contributed by atoms with Gasteiger partial charge in [0.05, 0.1) is 0 Å². The average Bonchev–Trinajstić information content (AvgIpc) is 2.38. The molecule has 0 heterocycles. The van der Waals surface area contributed by atoms with E-state index in [-0.39, 0.29) is 83.3 Å². The minimum atomic E-state index is 0. The van der Waals surface area contributed by atoms with Crippen molar-refractivity contribution in [3.8, 4) is 11.5 Å². The van der Waals surface area contributed by atoms with Gasteiger partial charge in [-0.15, -0.1) is 0 Å². The summed E-state index contributed by atoms with van der Waals surface area (Å²) in [6.45, 7) is 10.2. The van der Waals surface area contributed by atoms with Crippen molar-refractivity contribution in [1.29, 1.82) is 0 Å². The van der Waals surface area contributed by atoms with E-state index in [1.54, 1.807) is 12.1 Å². The molecule has 0 aliphatic heterocycles. The van der Waals surface area contributed by atoms with E-state index in [0.29, 0.717) is 5.56 Å². The maximum atomic E-state index is 10.4. The fraction of sp³-hybridized carbons (Fsp3) is 0.421. The molecule has 0 aromatic heterocycles. The van der Waals surface area contributed by atoms with Gasteiger partial charge >= 0.3 is 21.1 Å². The number of phenols is 2. The van der Waals surface area contributed by atoms with Gasteiger partial charge in [0.1, 0.15) is 11.5 Å². The summed E-state index contributed by atoms with van der Waals surface area (Å²) in [5, 5.41) is 20.8. The van der Waals surface area contributed by atoms with Crippen LogP contribution in [0.2, 0.25) is 0 Å². The topological polar surface area (TPSA) is 74.0 Å². The summed E-state index contributed by atoms with van der Waals surface area (Å²) in [5.74, 6) is 0.660. The summed E-state index contributed by atoms with van der Waals surface area (Å²) in [6.07, 6.45) is 6.99. The molecule has 0 spiro atoms. The second kappa shape index (κ2) is 11.6. The van der Waals surface area contributed by atoms with Gasteiger partial charge in [-0.25, -0.2) is 0 Å². The molecule has 0 saturated heterocycles. The molecule has 129 valence electrons. The first-order valence-electron chi connectivity index (χ1n) is 7.59. The predicted octanol–water partition coefficient (Wildman–Crippen LogP) is 5.59. The molecule has 2 rings (SSSR count). The summed E-state index contributed by atoms with van der Waals surface area (Å²) in [4.78, 5) is 0. The Morgan fingerprint density at radius 3 is 2.29 bits per heavy atom. The van der Waals surface area contributed by atoms with E-state index in [2.05, 4.69) is 19.6 Å². The molecule has 24 heavy (non-hydrogen) atoms. The molecule has 4 N–H and O–H groups in total. The second-order valence-corrected chi connectivity index (χ2v) is 6.19. The van der Waals surface area contributed by atoms with Crippen LogP contribution in [0.1, 0.15) is 50.7 Å². The van der Waals surface area contributed by atoms with Crippen molar-refractivity contribution in [3.05, 3.63) is 59.6 Å². The quantitative estimate of drug-likeness (QED) is 0.364. The number of aromatic hydroxyl groups is 2. The van der Waals surface area contributed by atoms with Crippen LogP contribution in [0.15, 0.2) is 35.9 Å². The van der Waals surface area contributed by atoms with Gasteiger partial charge in [0.2, 0.25) is 0 Å². The van der Waals surface area contributed by atoms with E-state index in [4.69, 9.17) is 0 Å². The van der Waals surface area contributed by atoms with E-state index in [1.165, 1.54) is 5.57 Å². The van der Waals surface area contributed by atoms with Crippen LogP contribution in [0, 0.1) is 12.3 Å². The van der Waals surface area contributed by atoms with Crippen molar-refractivity contribution >= 4 is 0 Å². The first-order valence-corrected chi connectivity index (χ1v) is 7.59. The van der Waals surface area contributed by atoms with E-state index >= 15 is 0 Å². The molecule has 1 aromatic rings. The van der Waals surface area contributed by atoms with Crippen molar-refractivity contribution in [2.24, 2.45) is 5.92 Å². The summed E-state index contributed by atoms with van der Waals surface area (Å²) < 4.78 is 0. The summed E-state index contributed by atoms with van der Waals surface area (Å²) in [7, 11) is 0. The van der Waals surface area contributed by atoms with Crippen molar-refractivity contribution in [3.63, 3.8) is 0 Å². The molecule has 1 aromatic carbocycles. The zero-order valence-electron chi connectivity index (χ0n) is 14.7. The molecular formula is C19H27NO2WY. The maximum absolute atomic E-state index is 10.4. The molecule has 1 radical (unpaired) electrons. The number of rotatable bonds is 4. The third-order valence-corrected chi connectivity index (χ3v) is 4.35. The van der Waals surface area contributed by atoms with Gasteiger partial charge in [-0.3, -0.25) is 0 Å². The van der Waals surface area contributed by atoms with Crippen molar-refractivity contribution in [1.82, 2.24) is 0 Å². The fourth-order valence-electron chi connectivity index (χ4n) is 3.28. The van der Waals surface area contributed by atoms with Crippen LogP contribution >= 0.6 is 0 Å². The van der Waals surface area contributed by atoms with Crippen molar-refractivity contribution in [2.75, 3.05) is 0 Å². The molecule has 0 saturated carbocycles. The molecule has 2 atom stereocenters. The Morgan fingerprint density at radius 2 is 1.83 bits per heavy atom. The molecule has 1 aliphatic rings. The largest absolute Gasteiger partial charge is 2.00 e. The number of hydrogen-bond acceptors (Lipinski definition) is 2. The summed E-state index contributed by atoms with van der Waals surface area (Å²) in [6, 6.07) is 3.53. The maximum Gasteiger partial charge on any atom is 2.00 e. The summed E-state index contributed by atoms with van der Waals surface area (Å²) in [5.41, 5.74) is 3.98. The van der Waals surface area contributed by atoms with Gasteiger partial charge in [-0.2, -0.15) is 13.3 Å². The molecular weight excluding hydrogens is 547 g/mol. The van der Waals surface area contributed by atoms with Gasteiger partial charge in [0.25, 0.3) is 0 Å². The monoisotopic (exact) mass is 574 g/mol. The van der Waals surface area contributed by atoms with Crippen LogP contribution < -0.4 is 0 Å². The van der Waals surface area contributed by atoms with Gasteiger partial charge in [0.15, 0.2) is 0 Å². The molecule has 1 unspecified atom stereocenters. The third-order valence-electron chi connectivity index (χ3n) is 4.35. The minimum absolute atomic E-state index is 0. The average molecular weight is 574 g/mol.